The molecule has 0 saturated carbocycles. The fourth-order valence-electron chi connectivity index (χ4n) is 6.85. The van der Waals surface area contributed by atoms with Gasteiger partial charge in [0, 0.05) is 65.7 Å². The Morgan fingerprint density at radius 2 is 1.08 bits per heavy atom. The fourth-order valence-corrected chi connectivity index (χ4v) is 8.04. The Balaban J connectivity index is 1.23. The molecule has 0 N–H and O–H groups in total. The second-order valence-electron chi connectivity index (χ2n) is 11.9. The molecule has 0 aliphatic carbocycles. The predicted molar refractivity (Wildman–Crippen MR) is 199 cm³/mol. The number of aromatic nitrogens is 5. The first-order valence-electron chi connectivity index (χ1n) is 15.9. The molecule has 0 aliphatic heterocycles. The first-order chi connectivity index (χ1) is 23.8. The summed E-state index contributed by atoms with van der Waals surface area (Å²) in [5.74, 6) is 0.672. The number of hydrogen-bond donors (Lipinski definition) is 0. The average molecular weight is 632 g/mol. The zero-order chi connectivity index (χ0) is 31.6. The molecule has 5 aromatic heterocycles. The smallest absolute Gasteiger partial charge is 0.160 e. The quantitative estimate of drug-likeness (QED) is 0.194. The molecule has 6 heteroatoms. The number of benzene rings is 5. The minimum atomic E-state index is 0.672. The van der Waals surface area contributed by atoms with E-state index in [0.717, 1.165) is 66.6 Å². The van der Waals surface area contributed by atoms with Crippen molar-refractivity contribution in [1.82, 2.24) is 24.5 Å². The largest absolute Gasteiger partial charge is 0.306 e. The molecular formula is C42H25N5S. The lowest BCUT2D eigenvalue weighted by Gasteiger charge is -2.12. The van der Waals surface area contributed by atoms with Crippen LogP contribution in [-0.2, 0) is 0 Å². The molecule has 224 valence electrons. The van der Waals surface area contributed by atoms with E-state index in [4.69, 9.17) is 19.9 Å². The lowest BCUT2D eigenvalue weighted by Crippen LogP contribution is -1.99. The summed E-state index contributed by atoms with van der Waals surface area (Å²) in [5.41, 5.74) is 9.74. The Morgan fingerprint density at radius 3 is 1.83 bits per heavy atom. The minimum absolute atomic E-state index is 0.672. The molecule has 0 fully saturated rings. The van der Waals surface area contributed by atoms with Gasteiger partial charge in [-0.2, -0.15) is 0 Å². The lowest BCUT2D eigenvalue weighted by molar-refractivity contribution is 1.16. The van der Waals surface area contributed by atoms with Crippen LogP contribution in [0.4, 0.5) is 0 Å². The third kappa shape index (κ3) is 4.16. The van der Waals surface area contributed by atoms with Crippen molar-refractivity contribution in [3.8, 4) is 39.6 Å². The van der Waals surface area contributed by atoms with Crippen molar-refractivity contribution in [1.29, 1.82) is 0 Å². The monoisotopic (exact) mass is 631 g/mol. The van der Waals surface area contributed by atoms with E-state index >= 15 is 0 Å². The van der Waals surface area contributed by atoms with Crippen LogP contribution in [0.2, 0.25) is 0 Å². The summed E-state index contributed by atoms with van der Waals surface area (Å²) in [5, 5.41) is 4.55. The van der Waals surface area contributed by atoms with Gasteiger partial charge >= 0.3 is 0 Å². The minimum Gasteiger partial charge on any atom is -0.306 e. The molecule has 10 aromatic rings. The van der Waals surface area contributed by atoms with Crippen LogP contribution in [0.15, 0.2) is 152 Å². The van der Waals surface area contributed by atoms with Crippen molar-refractivity contribution in [2.75, 3.05) is 0 Å². The number of fused-ring (bicyclic) bond motifs is 9. The van der Waals surface area contributed by atoms with E-state index in [2.05, 4.69) is 108 Å². The molecule has 10 rings (SSSR count). The second kappa shape index (κ2) is 10.7. The molecule has 0 amide bonds. The molecule has 0 aliphatic rings. The summed E-state index contributed by atoms with van der Waals surface area (Å²) in [6, 6.07) is 48.2. The van der Waals surface area contributed by atoms with Crippen LogP contribution >= 0.6 is 11.3 Å². The van der Waals surface area contributed by atoms with Crippen molar-refractivity contribution < 1.29 is 0 Å². The predicted octanol–water partition coefficient (Wildman–Crippen LogP) is 10.9. The van der Waals surface area contributed by atoms with Crippen LogP contribution in [-0.4, -0.2) is 24.5 Å². The van der Waals surface area contributed by atoms with E-state index in [1.807, 2.05) is 48.8 Å². The Kier molecular flexibility index (Phi) is 5.98. The van der Waals surface area contributed by atoms with Gasteiger partial charge in [0.2, 0.25) is 0 Å². The molecule has 0 saturated heterocycles. The Hall–Kier alpha value is -6.24. The van der Waals surface area contributed by atoms with Crippen LogP contribution in [0.3, 0.4) is 0 Å². The number of thiophene rings is 1. The maximum absolute atomic E-state index is 5.13. The van der Waals surface area contributed by atoms with E-state index in [0.29, 0.717) is 5.82 Å². The van der Waals surface area contributed by atoms with E-state index in [9.17, 15) is 0 Å². The molecule has 5 aromatic carbocycles. The van der Waals surface area contributed by atoms with E-state index in [-0.39, 0.29) is 0 Å². The molecule has 5 heterocycles. The second-order valence-corrected chi connectivity index (χ2v) is 13.0. The molecule has 0 atom stereocenters. The first kappa shape index (κ1) is 26.9. The maximum atomic E-state index is 5.13. The lowest BCUT2D eigenvalue weighted by atomic mass is 10.1. The normalized spacial score (nSPS) is 11.8. The van der Waals surface area contributed by atoms with Gasteiger partial charge in [-0.05, 0) is 30.3 Å². The molecule has 0 radical (unpaired) electrons. The van der Waals surface area contributed by atoms with Crippen molar-refractivity contribution in [3.05, 3.63) is 152 Å². The van der Waals surface area contributed by atoms with Gasteiger partial charge in [0.05, 0.1) is 33.5 Å². The van der Waals surface area contributed by atoms with Crippen LogP contribution in [0, 0.1) is 0 Å². The highest BCUT2D eigenvalue weighted by Gasteiger charge is 2.20. The summed E-state index contributed by atoms with van der Waals surface area (Å²) >= 11 is 1.80. The molecule has 0 spiro atoms. The van der Waals surface area contributed by atoms with Gasteiger partial charge in [0.15, 0.2) is 5.82 Å². The molecular weight excluding hydrogens is 607 g/mol. The Bertz CT molecular complexity index is 2780. The molecule has 48 heavy (non-hydrogen) atoms. The number of rotatable bonds is 4. The Morgan fingerprint density at radius 1 is 0.479 bits per heavy atom. The topological polar surface area (TPSA) is 56.5 Å². The number of hydrogen-bond acceptors (Lipinski definition) is 5. The van der Waals surface area contributed by atoms with E-state index in [1.165, 1.54) is 20.2 Å². The standard InChI is InChI=1S/C42H25N5S/c1-3-12-26(13-4-1)34-23-35(27-14-5-2-6-15-27)46-42(45-34)28-16-11-17-29(22-28)47-36-20-9-7-19-31(36)38-40(47)39-33(25-44-38)41-32(24-43-39)30-18-8-10-21-37(30)48-41/h1-25H. The summed E-state index contributed by atoms with van der Waals surface area (Å²) in [6.45, 7) is 0. The molecule has 0 unspecified atom stereocenters. The summed E-state index contributed by atoms with van der Waals surface area (Å²) in [6.07, 6.45) is 4.03. The fraction of sp³-hybridized carbons (Fsp3) is 0. The maximum Gasteiger partial charge on any atom is 0.160 e. The van der Waals surface area contributed by atoms with Gasteiger partial charge in [0.1, 0.15) is 0 Å². The van der Waals surface area contributed by atoms with Crippen molar-refractivity contribution in [3.63, 3.8) is 0 Å². The highest BCUT2D eigenvalue weighted by atomic mass is 32.1. The Labute approximate surface area is 279 Å². The zero-order valence-electron chi connectivity index (χ0n) is 25.6. The highest BCUT2D eigenvalue weighted by molar-refractivity contribution is 7.26. The third-order valence-electron chi connectivity index (χ3n) is 9.08. The van der Waals surface area contributed by atoms with Crippen LogP contribution in [0.1, 0.15) is 0 Å². The summed E-state index contributed by atoms with van der Waals surface area (Å²) in [7, 11) is 0. The first-order valence-corrected chi connectivity index (χ1v) is 16.7. The number of para-hydroxylation sites is 1. The van der Waals surface area contributed by atoms with Gasteiger partial charge in [-0.1, -0.05) is 109 Å². The summed E-state index contributed by atoms with van der Waals surface area (Å²) < 4.78 is 4.76. The van der Waals surface area contributed by atoms with E-state index < -0.39 is 0 Å². The van der Waals surface area contributed by atoms with Gasteiger partial charge < -0.3 is 4.57 Å². The van der Waals surface area contributed by atoms with Crippen molar-refractivity contribution >= 4 is 64.3 Å². The van der Waals surface area contributed by atoms with Gasteiger partial charge in [-0.25, -0.2) is 9.97 Å². The van der Waals surface area contributed by atoms with Crippen LogP contribution in [0.5, 0.6) is 0 Å². The van der Waals surface area contributed by atoms with Gasteiger partial charge in [-0.3, -0.25) is 9.97 Å². The zero-order valence-corrected chi connectivity index (χ0v) is 26.4. The SMILES string of the molecule is c1ccc(-c2cc(-c3ccccc3)nc(-c3cccc(-n4c5ccccc5c5ncc6c(ncc7c8ccccc8sc76)c54)c3)n2)cc1. The van der Waals surface area contributed by atoms with Crippen LogP contribution in [0.25, 0.3) is 92.6 Å². The van der Waals surface area contributed by atoms with Gasteiger partial charge in [0.25, 0.3) is 0 Å². The van der Waals surface area contributed by atoms with Crippen LogP contribution < -0.4 is 0 Å². The molecule has 0 bridgehead atoms. The summed E-state index contributed by atoms with van der Waals surface area (Å²) in [4.78, 5) is 20.4. The highest BCUT2D eigenvalue weighted by Crippen LogP contribution is 2.41. The third-order valence-corrected chi connectivity index (χ3v) is 10.3. The van der Waals surface area contributed by atoms with Gasteiger partial charge in [-0.15, -0.1) is 11.3 Å². The number of pyridine rings is 2. The van der Waals surface area contributed by atoms with Crippen molar-refractivity contribution in [2.24, 2.45) is 0 Å². The van der Waals surface area contributed by atoms with Crippen molar-refractivity contribution in [2.45, 2.75) is 0 Å². The molecule has 5 nitrogen and oxygen atoms in total. The van der Waals surface area contributed by atoms with E-state index in [1.54, 1.807) is 11.3 Å². The average Bonchev–Trinajstić information content (AvgIpc) is 3.72. The number of nitrogens with zero attached hydrogens (tertiary/aromatic N) is 5.